The highest BCUT2D eigenvalue weighted by atomic mass is 32.2. The maximum atomic E-state index is 12.6. The van der Waals surface area contributed by atoms with E-state index in [-0.39, 0.29) is 16.3 Å². The molecule has 1 fully saturated rings. The molecule has 0 aromatic heterocycles. The Labute approximate surface area is 146 Å². The summed E-state index contributed by atoms with van der Waals surface area (Å²) in [6.07, 6.45) is 5.27. The summed E-state index contributed by atoms with van der Waals surface area (Å²) < 4.78 is 26.5. The average molecular weight is 364 g/mol. The first-order chi connectivity index (χ1) is 11.9. The van der Waals surface area contributed by atoms with Crippen LogP contribution in [0.15, 0.2) is 39.8 Å². The Morgan fingerprint density at radius 1 is 1.24 bits per heavy atom. The van der Waals surface area contributed by atoms with Crippen molar-refractivity contribution >= 4 is 27.1 Å². The number of nitrogens with zero attached hydrogens (tertiary/aromatic N) is 3. The first-order valence-corrected chi connectivity index (χ1v) is 9.60. The lowest BCUT2D eigenvalue weighted by atomic mass is 10.3. The van der Waals surface area contributed by atoms with Gasteiger partial charge in [-0.1, -0.05) is 5.57 Å². The molecule has 1 N–H and O–H groups in total. The number of rotatable bonds is 5. The van der Waals surface area contributed by atoms with Crippen LogP contribution in [-0.2, 0) is 10.0 Å². The summed E-state index contributed by atoms with van der Waals surface area (Å²) in [7, 11) is -3.69. The summed E-state index contributed by atoms with van der Waals surface area (Å²) in [4.78, 5) is 10.7. The summed E-state index contributed by atoms with van der Waals surface area (Å²) in [5.41, 5.74) is 4.60. The lowest BCUT2D eigenvalue weighted by molar-refractivity contribution is -0.384. The lowest BCUT2D eigenvalue weighted by Crippen LogP contribution is -2.27. The highest BCUT2D eigenvalue weighted by Gasteiger charge is 2.29. The number of sulfonamides is 1. The molecular weight excluding hydrogens is 344 g/mol. The molecule has 0 radical (unpaired) electrons. The normalized spacial score (nSPS) is 20.0. The minimum Gasteiger partial charge on any atom is -0.271 e. The fraction of sp³-hybridized carbons (Fsp3) is 0.438. The molecule has 8 nitrogen and oxygen atoms in total. The minimum absolute atomic E-state index is 0.0593. The molecule has 3 rings (SSSR count). The van der Waals surface area contributed by atoms with Gasteiger partial charge in [-0.05, 0) is 50.8 Å². The van der Waals surface area contributed by atoms with E-state index in [1.54, 1.807) is 0 Å². The number of hydrogen-bond donors (Lipinski definition) is 1. The predicted molar refractivity (Wildman–Crippen MR) is 95.1 cm³/mol. The van der Waals surface area contributed by atoms with E-state index in [9.17, 15) is 18.5 Å². The Morgan fingerprint density at radius 3 is 2.56 bits per heavy atom. The molecule has 0 amide bonds. The van der Waals surface area contributed by atoms with Crippen LogP contribution in [0, 0.1) is 10.1 Å². The van der Waals surface area contributed by atoms with Crippen LogP contribution in [0.2, 0.25) is 0 Å². The van der Waals surface area contributed by atoms with Gasteiger partial charge < -0.3 is 0 Å². The van der Waals surface area contributed by atoms with Crippen LogP contribution in [0.3, 0.4) is 0 Å². The van der Waals surface area contributed by atoms with Crippen LogP contribution < -0.4 is 5.43 Å². The van der Waals surface area contributed by atoms with Gasteiger partial charge in [-0.25, -0.2) is 8.42 Å². The monoisotopic (exact) mass is 364 g/mol. The third-order valence-corrected chi connectivity index (χ3v) is 6.27. The number of hydrogen-bond acceptors (Lipinski definition) is 6. The van der Waals surface area contributed by atoms with E-state index in [0.717, 1.165) is 37.5 Å². The van der Waals surface area contributed by atoms with Gasteiger partial charge in [-0.15, -0.1) is 0 Å². The predicted octanol–water partition coefficient (Wildman–Crippen LogP) is 2.89. The van der Waals surface area contributed by atoms with Crippen LogP contribution in [0.25, 0.3) is 0 Å². The molecule has 0 bridgehead atoms. The molecule has 1 aliphatic carbocycles. The van der Waals surface area contributed by atoms with Gasteiger partial charge in [0.1, 0.15) is 5.69 Å². The molecule has 0 spiro atoms. The SMILES string of the molecule is CC1=CC(=NNc2ccc(S(=O)(=O)N3CCCC3)cc2[N+](=O)[O-])CC1. The van der Waals surface area contributed by atoms with Gasteiger partial charge in [0.05, 0.1) is 15.5 Å². The van der Waals surface area contributed by atoms with Gasteiger partial charge in [0.25, 0.3) is 5.69 Å². The number of allylic oxidation sites excluding steroid dienone is 2. The number of nitrogens with one attached hydrogen (secondary N) is 1. The number of hydrazone groups is 1. The fourth-order valence-corrected chi connectivity index (χ4v) is 4.51. The maximum absolute atomic E-state index is 12.6. The second kappa shape index (κ2) is 6.93. The molecule has 2 aliphatic rings. The summed E-state index contributed by atoms with van der Waals surface area (Å²) >= 11 is 0. The zero-order valence-corrected chi connectivity index (χ0v) is 14.8. The van der Waals surface area contributed by atoms with Gasteiger partial charge in [0.2, 0.25) is 10.0 Å². The Balaban J connectivity index is 1.89. The third kappa shape index (κ3) is 3.72. The van der Waals surface area contributed by atoms with Crippen LogP contribution in [-0.4, -0.2) is 36.4 Å². The smallest absolute Gasteiger partial charge is 0.271 e. The van der Waals surface area contributed by atoms with Gasteiger partial charge in [-0.2, -0.15) is 9.41 Å². The molecular formula is C16H20N4O4S. The summed E-state index contributed by atoms with van der Waals surface area (Å²) in [5, 5.41) is 15.5. The summed E-state index contributed by atoms with van der Waals surface area (Å²) in [6, 6.07) is 3.89. The number of nitro groups is 1. The molecule has 9 heteroatoms. The van der Waals surface area contributed by atoms with Crippen molar-refractivity contribution in [2.24, 2.45) is 5.10 Å². The van der Waals surface area contributed by atoms with Gasteiger partial charge in [0, 0.05) is 19.2 Å². The Hall–Kier alpha value is -2.26. The van der Waals surface area contributed by atoms with E-state index in [1.807, 2.05) is 13.0 Å². The number of benzene rings is 1. The molecule has 1 aromatic rings. The van der Waals surface area contributed by atoms with Gasteiger partial charge in [0.15, 0.2) is 0 Å². The maximum Gasteiger partial charge on any atom is 0.295 e. The van der Waals surface area contributed by atoms with Crippen molar-refractivity contribution in [1.29, 1.82) is 0 Å². The van der Waals surface area contributed by atoms with Crippen molar-refractivity contribution in [3.8, 4) is 0 Å². The first-order valence-electron chi connectivity index (χ1n) is 8.16. The quantitative estimate of drug-likeness (QED) is 0.639. The number of nitro benzene ring substituents is 1. The van der Waals surface area contributed by atoms with Crippen molar-refractivity contribution in [2.75, 3.05) is 18.5 Å². The average Bonchev–Trinajstić information content (AvgIpc) is 3.24. The standard InChI is InChI=1S/C16H20N4O4S/c1-12-4-5-13(10-12)17-18-15-7-6-14(11-16(15)20(21)22)25(23,24)19-8-2-3-9-19/h6-7,10-11,18H,2-5,8-9H2,1H3. The Morgan fingerprint density at radius 2 is 1.96 bits per heavy atom. The van der Waals surface area contributed by atoms with E-state index in [1.165, 1.54) is 22.0 Å². The molecule has 0 atom stereocenters. The molecule has 1 heterocycles. The van der Waals surface area contributed by atoms with Crippen LogP contribution in [0.1, 0.15) is 32.6 Å². The van der Waals surface area contributed by atoms with E-state index in [2.05, 4.69) is 10.5 Å². The van der Waals surface area contributed by atoms with Gasteiger partial charge >= 0.3 is 0 Å². The summed E-state index contributed by atoms with van der Waals surface area (Å²) in [5.74, 6) is 0. The van der Waals surface area contributed by atoms with Crippen molar-refractivity contribution in [3.63, 3.8) is 0 Å². The first kappa shape index (κ1) is 17.6. The Kier molecular flexibility index (Phi) is 4.87. The second-order valence-corrected chi connectivity index (χ2v) is 8.19. The molecule has 25 heavy (non-hydrogen) atoms. The molecule has 0 saturated carbocycles. The van der Waals surface area contributed by atoms with E-state index < -0.39 is 14.9 Å². The van der Waals surface area contributed by atoms with Crippen molar-refractivity contribution in [3.05, 3.63) is 40.0 Å². The highest BCUT2D eigenvalue weighted by molar-refractivity contribution is 7.89. The van der Waals surface area contributed by atoms with Gasteiger partial charge in [-0.3, -0.25) is 15.5 Å². The van der Waals surface area contributed by atoms with Crippen molar-refractivity contribution in [1.82, 2.24) is 4.31 Å². The van der Waals surface area contributed by atoms with E-state index >= 15 is 0 Å². The van der Waals surface area contributed by atoms with E-state index in [0.29, 0.717) is 13.1 Å². The zero-order chi connectivity index (χ0) is 18.0. The summed E-state index contributed by atoms with van der Waals surface area (Å²) in [6.45, 7) is 2.91. The highest BCUT2D eigenvalue weighted by Crippen LogP contribution is 2.30. The number of anilines is 1. The van der Waals surface area contributed by atoms with Crippen molar-refractivity contribution < 1.29 is 13.3 Å². The Bertz CT molecular complexity index is 855. The molecule has 1 saturated heterocycles. The molecule has 134 valence electrons. The minimum atomic E-state index is -3.69. The largest absolute Gasteiger partial charge is 0.295 e. The molecule has 1 aliphatic heterocycles. The van der Waals surface area contributed by atoms with Crippen LogP contribution in [0.4, 0.5) is 11.4 Å². The molecule has 0 unspecified atom stereocenters. The van der Waals surface area contributed by atoms with Crippen LogP contribution >= 0.6 is 0 Å². The third-order valence-electron chi connectivity index (χ3n) is 4.38. The second-order valence-electron chi connectivity index (χ2n) is 6.25. The lowest BCUT2D eigenvalue weighted by Gasteiger charge is -2.15. The fourth-order valence-electron chi connectivity index (χ4n) is 2.97. The van der Waals surface area contributed by atoms with E-state index in [4.69, 9.17) is 0 Å². The topological polar surface area (TPSA) is 105 Å². The van der Waals surface area contributed by atoms with Crippen molar-refractivity contribution in [2.45, 2.75) is 37.5 Å². The zero-order valence-electron chi connectivity index (χ0n) is 13.9. The molecule has 1 aromatic carbocycles. The van der Waals surface area contributed by atoms with Crippen LogP contribution in [0.5, 0.6) is 0 Å².